The standard InChI is InChI=1S/C23H24N4O5S2/c1-5-23(28,6-2)20-24-13(12-33-20)11-31-17-7-14(29-3)8-18-15(17)9-19(32-18)16-10-27-21(25-16)34-22(26-27)30-4/h7-10,12,28H,5-6,11H2,1-4H3. The highest BCUT2D eigenvalue weighted by atomic mass is 32.1. The lowest BCUT2D eigenvalue weighted by Gasteiger charge is -2.21. The summed E-state index contributed by atoms with van der Waals surface area (Å²) in [6.45, 7) is 4.17. The molecule has 0 fully saturated rings. The molecule has 0 amide bonds. The molecular formula is C23H24N4O5S2. The monoisotopic (exact) mass is 500 g/mol. The molecule has 0 aliphatic heterocycles. The number of ether oxygens (including phenoxy) is 3. The van der Waals surface area contributed by atoms with E-state index in [1.165, 1.54) is 22.7 Å². The van der Waals surface area contributed by atoms with Crippen LogP contribution in [0.1, 0.15) is 37.4 Å². The zero-order valence-corrected chi connectivity index (χ0v) is 20.8. The summed E-state index contributed by atoms with van der Waals surface area (Å²) in [7, 11) is 3.17. The summed E-state index contributed by atoms with van der Waals surface area (Å²) in [4.78, 5) is 9.91. The summed E-state index contributed by atoms with van der Waals surface area (Å²) in [6, 6.07) is 5.53. The Morgan fingerprint density at radius 3 is 2.65 bits per heavy atom. The molecular weight excluding hydrogens is 476 g/mol. The third-order valence-corrected chi connectivity index (χ3v) is 7.72. The third-order valence-electron chi connectivity index (χ3n) is 5.76. The Morgan fingerprint density at radius 2 is 1.94 bits per heavy atom. The Kier molecular flexibility index (Phi) is 5.92. The summed E-state index contributed by atoms with van der Waals surface area (Å²) in [6.07, 6.45) is 3.02. The number of rotatable bonds is 9. The first kappa shape index (κ1) is 22.6. The van der Waals surface area contributed by atoms with Crippen molar-refractivity contribution >= 4 is 38.6 Å². The Balaban J connectivity index is 1.44. The summed E-state index contributed by atoms with van der Waals surface area (Å²) >= 11 is 2.80. The number of fused-ring (bicyclic) bond motifs is 2. The van der Waals surface area contributed by atoms with Gasteiger partial charge in [0.1, 0.15) is 40.0 Å². The van der Waals surface area contributed by atoms with Gasteiger partial charge in [-0.15, -0.1) is 16.4 Å². The summed E-state index contributed by atoms with van der Waals surface area (Å²) in [5.41, 5.74) is 1.14. The van der Waals surface area contributed by atoms with Crippen molar-refractivity contribution in [1.29, 1.82) is 0 Å². The molecule has 0 spiro atoms. The van der Waals surface area contributed by atoms with Crippen LogP contribution in [0, 0.1) is 0 Å². The molecule has 5 rings (SSSR count). The zero-order chi connectivity index (χ0) is 23.9. The van der Waals surface area contributed by atoms with Gasteiger partial charge >= 0.3 is 0 Å². The molecule has 34 heavy (non-hydrogen) atoms. The van der Waals surface area contributed by atoms with Crippen molar-refractivity contribution in [3.05, 3.63) is 40.5 Å². The first-order valence-corrected chi connectivity index (χ1v) is 12.5. The molecule has 0 saturated heterocycles. The molecule has 4 aromatic heterocycles. The molecule has 1 aromatic carbocycles. The van der Waals surface area contributed by atoms with Crippen molar-refractivity contribution in [2.75, 3.05) is 14.2 Å². The van der Waals surface area contributed by atoms with Gasteiger partial charge in [-0.05, 0) is 30.2 Å². The molecule has 0 saturated carbocycles. The quantitative estimate of drug-likeness (QED) is 0.292. The first-order chi connectivity index (χ1) is 16.5. The fraction of sp³-hybridized carbons (Fsp3) is 0.348. The van der Waals surface area contributed by atoms with E-state index in [1.54, 1.807) is 24.9 Å². The van der Waals surface area contributed by atoms with E-state index in [2.05, 4.69) is 15.1 Å². The van der Waals surface area contributed by atoms with Gasteiger partial charge in [-0.3, -0.25) is 0 Å². The van der Waals surface area contributed by atoms with Crippen molar-refractivity contribution in [3.63, 3.8) is 0 Å². The van der Waals surface area contributed by atoms with Gasteiger partial charge in [0, 0.05) is 17.5 Å². The predicted molar refractivity (Wildman–Crippen MR) is 130 cm³/mol. The van der Waals surface area contributed by atoms with E-state index in [9.17, 15) is 5.11 Å². The predicted octanol–water partition coefficient (Wildman–Crippen LogP) is 5.26. The molecule has 178 valence electrons. The fourth-order valence-electron chi connectivity index (χ4n) is 3.62. The number of imidazole rings is 1. The minimum Gasteiger partial charge on any atom is -0.496 e. The molecule has 0 bridgehead atoms. The van der Waals surface area contributed by atoms with Crippen molar-refractivity contribution in [3.8, 4) is 28.1 Å². The van der Waals surface area contributed by atoms with Gasteiger partial charge in [-0.1, -0.05) is 13.8 Å². The van der Waals surface area contributed by atoms with Gasteiger partial charge < -0.3 is 23.7 Å². The molecule has 0 aliphatic carbocycles. The molecule has 4 heterocycles. The second-order valence-corrected chi connectivity index (χ2v) is 9.52. The Morgan fingerprint density at radius 1 is 1.12 bits per heavy atom. The van der Waals surface area contributed by atoms with E-state index in [0.29, 0.717) is 56.5 Å². The molecule has 5 aromatic rings. The zero-order valence-electron chi connectivity index (χ0n) is 19.2. The first-order valence-electron chi connectivity index (χ1n) is 10.8. The molecule has 0 atom stereocenters. The second kappa shape index (κ2) is 8.90. The summed E-state index contributed by atoms with van der Waals surface area (Å²) in [5.74, 6) is 1.82. The molecule has 1 N–H and O–H groups in total. The average Bonchev–Trinajstić information content (AvgIpc) is 3.63. The second-order valence-electron chi connectivity index (χ2n) is 7.74. The molecule has 0 aliphatic rings. The number of aromatic nitrogens is 4. The van der Waals surface area contributed by atoms with Crippen LogP contribution in [0.2, 0.25) is 0 Å². The fourth-order valence-corrected chi connectivity index (χ4v) is 5.37. The topological polar surface area (TPSA) is 104 Å². The lowest BCUT2D eigenvalue weighted by molar-refractivity contribution is 0.0279. The number of hydrogen-bond donors (Lipinski definition) is 1. The minimum absolute atomic E-state index is 0.257. The van der Waals surface area contributed by atoms with E-state index < -0.39 is 5.60 Å². The number of thiazole rings is 1. The van der Waals surface area contributed by atoms with Gasteiger partial charge in [0.2, 0.25) is 4.96 Å². The molecule has 11 heteroatoms. The maximum absolute atomic E-state index is 10.7. The number of furan rings is 1. The van der Waals surface area contributed by atoms with E-state index >= 15 is 0 Å². The lowest BCUT2D eigenvalue weighted by atomic mass is 9.99. The molecule has 0 radical (unpaired) electrons. The van der Waals surface area contributed by atoms with Crippen LogP contribution in [-0.2, 0) is 12.2 Å². The molecule has 9 nitrogen and oxygen atoms in total. The van der Waals surface area contributed by atoms with Crippen LogP contribution in [0.5, 0.6) is 16.7 Å². The number of benzene rings is 1. The SMILES string of the molecule is CCC(O)(CC)c1nc(COc2cc(OC)cc3oc(-c4cn5nc(OC)sc5n4)cc23)cs1. The average molecular weight is 501 g/mol. The van der Waals surface area contributed by atoms with Gasteiger partial charge in [0.05, 0.1) is 31.5 Å². The van der Waals surface area contributed by atoms with Crippen molar-refractivity contribution in [2.45, 2.75) is 38.9 Å². The highest BCUT2D eigenvalue weighted by molar-refractivity contribution is 7.18. The van der Waals surface area contributed by atoms with Crippen molar-refractivity contribution in [2.24, 2.45) is 0 Å². The van der Waals surface area contributed by atoms with Crippen LogP contribution in [-0.4, -0.2) is 38.9 Å². The van der Waals surface area contributed by atoms with Gasteiger partial charge in [0.15, 0.2) is 5.76 Å². The van der Waals surface area contributed by atoms with Crippen LogP contribution >= 0.6 is 22.7 Å². The third kappa shape index (κ3) is 3.99. The molecule has 0 unspecified atom stereocenters. The summed E-state index contributed by atoms with van der Waals surface area (Å²) in [5, 5.41) is 19.0. The van der Waals surface area contributed by atoms with Crippen LogP contribution in [0.15, 0.2) is 34.2 Å². The lowest BCUT2D eigenvalue weighted by Crippen LogP contribution is -2.23. The maximum atomic E-state index is 10.7. The van der Waals surface area contributed by atoms with E-state index in [1.807, 2.05) is 37.4 Å². The Bertz CT molecular complexity index is 1410. The Labute approximate surface area is 203 Å². The smallest absolute Gasteiger partial charge is 0.294 e. The minimum atomic E-state index is -0.900. The van der Waals surface area contributed by atoms with E-state index in [4.69, 9.17) is 18.6 Å². The largest absolute Gasteiger partial charge is 0.496 e. The van der Waals surface area contributed by atoms with Crippen LogP contribution < -0.4 is 14.2 Å². The van der Waals surface area contributed by atoms with Crippen molar-refractivity contribution in [1.82, 2.24) is 19.6 Å². The highest BCUT2D eigenvalue weighted by Crippen LogP contribution is 2.38. The van der Waals surface area contributed by atoms with Crippen LogP contribution in [0.3, 0.4) is 0 Å². The normalized spacial score (nSPS) is 12.0. The number of nitrogens with zero attached hydrogens (tertiary/aromatic N) is 4. The summed E-state index contributed by atoms with van der Waals surface area (Å²) < 4.78 is 24.5. The Hall–Kier alpha value is -3.15. The van der Waals surface area contributed by atoms with E-state index in [0.717, 1.165) is 11.1 Å². The van der Waals surface area contributed by atoms with Gasteiger partial charge in [-0.2, -0.15) is 0 Å². The number of aliphatic hydroxyl groups is 1. The van der Waals surface area contributed by atoms with Gasteiger partial charge in [-0.25, -0.2) is 14.5 Å². The maximum Gasteiger partial charge on any atom is 0.294 e. The van der Waals surface area contributed by atoms with E-state index in [-0.39, 0.29) is 6.61 Å². The highest BCUT2D eigenvalue weighted by Gasteiger charge is 2.28. The number of hydrogen-bond acceptors (Lipinski definition) is 10. The van der Waals surface area contributed by atoms with Crippen molar-refractivity contribution < 1.29 is 23.7 Å². The van der Waals surface area contributed by atoms with Crippen LogP contribution in [0.25, 0.3) is 27.4 Å². The van der Waals surface area contributed by atoms with Crippen LogP contribution in [0.4, 0.5) is 0 Å². The van der Waals surface area contributed by atoms with Gasteiger partial charge in [0.25, 0.3) is 5.19 Å². The number of methoxy groups -OCH3 is 2.